The van der Waals surface area contributed by atoms with Gasteiger partial charge in [0.25, 0.3) is 5.91 Å². The molecule has 4 rings (SSSR count). The number of rotatable bonds is 3. The third kappa shape index (κ3) is 3.06. The highest BCUT2D eigenvalue weighted by Gasteiger charge is 2.34. The molecule has 2 aromatic carbocycles. The van der Waals surface area contributed by atoms with E-state index in [-0.39, 0.29) is 23.3 Å². The summed E-state index contributed by atoms with van der Waals surface area (Å²) in [5.41, 5.74) is 2.54. The van der Waals surface area contributed by atoms with Gasteiger partial charge in [-0.25, -0.2) is 0 Å². The maximum Gasteiger partial charge on any atom is 0.271 e. The second-order valence-electron chi connectivity index (χ2n) is 6.59. The number of carbonyl (C=O) groups excluding carboxylic acids is 2. The van der Waals surface area contributed by atoms with Crippen molar-refractivity contribution in [1.82, 2.24) is 15.2 Å². The molecule has 1 aliphatic rings. The molecule has 0 bridgehead atoms. The molecule has 1 aromatic heterocycles. The van der Waals surface area contributed by atoms with E-state index in [1.807, 2.05) is 36.4 Å². The Morgan fingerprint density at radius 2 is 1.89 bits per heavy atom. The molecule has 27 heavy (non-hydrogen) atoms. The molecule has 6 heteroatoms. The Labute approximate surface area is 156 Å². The van der Waals surface area contributed by atoms with Crippen molar-refractivity contribution < 1.29 is 14.7 Å². The van der Waals surface area contributed by atoms with Crippen molar-refractivity contribution in [2.24, 2.45) is 0 Å². The third-order valence-electron chi connectivity index (χ3n) is 4.81. The van der Waals surface area contributed by atoms with Crippen LogP contribution in [0.4, 0.5) is 0 Å². The minimum Gasteiger partial charge on any atom is -0.507 e. The van der Waals surface area contributed by atoms with E-state index in [0.717, 1.165) is 11.1 Å². The van der Waals surface area contributed by atoms with Gasteiger partial charge in [0.2, 0.25) is 5.91 Å². The minimum atomic E-state index is -0.564. The number of hydrogen-bond acceptors (Lipinski definition) is 3. The van der Waals surface area contributed by atoms with E-state index >= 15 is 0 Å². The maximum atomic E-state index is 13.0. The average Bonchev–Trinajstić information content (AvgIpc) is 3.08. The second-order valence-corrected chi connectivity index (χ2v) is 6.59. The summed E-state index contributed by atoms with van der Waals surface area (Å²) in [6.07, 6.45) is 3.30. The highest BCUT2D eigenvalue weighted by Crippen LogP contribution is 2.29. The van der Waals surface area contributed by atoms with Crippen molar-refractivity contribution >= 4 is 28.8 Å². The summed E-state index contributed by atoms with van der Waals surface area (Å²) in [7, 11) is 0. The zero-order valence-electron chi connectivity index (χ0n) is 14.8. The molecule has 0 aliphatic carbocycles. The summed E-state index contributed by atoms with van der Waals surface area (Å²) in [4.78, 5) is 30.0. The smallest absolute Gasteiger partial charge is 0.271 e. The van der Waals surface area contributed by atoms with Gasteiger partial charge >= 0.3 is 0 Å². The van der Waals surface area contributed by atoms with Gasteiger partial charge in [-0.2, -0.15) is 0 Å². The fourth-order valence-corrected chi connectivity index (χ4v) is 3.31. The Morgan fingerprint density at radius 3 is 2.67 bits per heavy atom. The van der Waals surface area contributed by atoms with E-state index in [1.165, 1.54) is 0 Å². The fraction of sp³-hybridized carbons (Fsp3) is 0.143. The lowest BCUT2D eigenvalue weighted by Crippen LogP contribution is -2.55. The number of carbonyl (C=O) groups is 2. The Morgan fingerprint density at radius 1 is 1.11 bits per heavy atom. The number of aromatic hydroxyl groups is 1. The number of phenols is 1. The Bertz CT molecular complexity index is 1050. The summed E-state index contributed by atoms with van der Waals surface area (Å²) >= 11 is 0. The van der Waals surface area contributed by atoms with Crippen molar-refractivity contribution in [3.8, 4) is 5.75 Å². The number of phenolic OH excluding ortho intramolecular Hbond substituents is 1. The van der Waals surface area contributed by atoms with Gasteiger partial charge in [0.15, 0.2) is 0 Å². The molecule has 1 aliphatic heterocycles. The molecule has 3 N–H and O–H groups in total. The van der Waals surface area contributed by atoms with E-state index in [1.54, 1.807) is 36.2 Å². The van der Waals surface area contributed by atoms with Crippen LogP contribution in [0.2, 0.25) is 0 Å². The summed E-state index contributed by atoms with van der Waals surface area (Å²) in [6, 6.07) is 14.2. The van der Waals surface area contributed by atoms with Crippen LogP contribution in [0.5, 0.6) is 5.75 Å². The highest BCUT2D eigenvalue weighted by molar-refractivity contribution is 6.08. The fourth-order valence-electron chi connectivity index (χ4n) is 3.31. The lowest BCUT2D eigenvalue weighted by molar-refractivity contribution is -0.142. The molecule has 6 nitrogen and oxygen atoms in total. The number of hydrogen-bond donors (Lipinski definition) is 3. The zero-order chi connectivity index (χ0) is 19.0. The quantitative estimate of drug-likeness (QED) is 0.627. The van der Waals surface area contributed by atoms with Gasteiger partial charge in [-0.3, -0.25) is 9.59 Å². The lowest BCUT2D eigenvalue weighted by Gasteiger charge is -2.34. The van der Waals surface area contributed by atoms with Crippen LogP contribution in [-0.4, -0.2) is 32.8 Å². The second kappa shape index (κ2) is 6.64. The first-order chi connectivity index (χ1) is 13.0. The molecule has 0 unspecified atom stereocenters. The largest absolute Gasteiger partial charge is 0.507 e. The van der Waals surface area contributed by atoms with E-state index < -0.39 is 6.04 Å². The summed E-state index contributed by atoms with van der Waals surface area (Å²) in [6.45, 7) is 2.06. The van der Waals surface area contributed by atoms with E-state index in [4.69, 9.17) is 0 Å². The van der Waals surface area contributed by atoms with Crippen molar-refractivity contribution in [2.45, 2.75) is 19.5 Å². The highest BCUT2D eigenvalue weighted by atomic mass is 16.3. The van der Waals surface area contributed by atoms with E-state index in [0.29, 0.717) is 17.5 Å². The maximum absolute atomic E-state index is 13.0. The molecule has 1 fully saturated rings. The van der Waals surface area contributed by atoms with Crippen molar-refractivity contribution in [3.63, 3.8) is 0 Å². The van der Waals surface area contributed by atoms with Crippen LogP contribution in [0.25, 0.3) is 17.0 Å². The predicted molar refractivity (Wildman–Crippen MR) is 103 cm³/mol. The zero-order valence-corrected chi connectivity index (χ0v) is 14.8. The summed E-state index contributed by atoms with van der Waals surface area (Å²) in [5.74, 6) is -0.374. The molecular formula is C21H19N3O3. The van der Waals surface area contributed by atoms with E-state index in [9.17, 15) is 14.7 Å². The van der Waals surface area contributed by atoms with E-state index in [2.05, 4.69) is 10.3 Å². The molecule has 2 amide bonds. The van der Waals surface area contributed by atoms with Crippen LogP contribution in [0.3, 0.4) is 0 Å². The van der Waals surface area contributed by atoms with Gasteiger partial charge < -0.3 is 20.3 Å². The molecule has 1 atom stereocenters. The number of amides is 2. The predicted octanol–water partition coefficient (Wildman–Crippen LogP) is 2.76. The first-order valence-electron chi connectivity index (χ1n) is 8.71. The molecule has 0 spiro atoms. The Hall–Kier alpha value is -3.54. The third-order valence-corrected chi connectivity index (χ3v) is 4.81. The standard InChI is InChI=1S/C21H19N3O3/c1-13-20(26)23-17(21(27)24(13)12-14-6-3-2-4-7-14)10-15-11-22-16-8-5-9-18(25)19(15)16/h2-11,13,22,25H,12H2,1H3,(H,23,26)/b17-10-/t13-/m1/s1. The van der Waals surface area contributed by atoms with Gasteiger partial charge in [0.05, 0.1) is 0 Å². The summed E-state index contributed by atoms with van der Waals surface area (Å²) in [5, 5.41) is 13.4. The van der Waals surface area contributed by atoms with Crippen LogP contribution < -0.4 is 5.32 Å². The first kappa shape index (κ1) is 16.9. The van der Waals surface area contributed by atoms with Crippen LogP contribution >= 0.6 is 0 Å². The molecule has 0 radical (unpaired) electrons. The number of aromatic amines is 1. The molecular weight excluding hydrogens is 342 g/mol. The molecule has 136 valence electrons. The van der Waals surface area contributed by atoms with Gasteiger partial charge in [0, 0.05) is 29.2 Å². The lowest BCUT2D eigenvalue weighted by atomic mass is 10.1. The van der Waals surface area contributed by atoms with Crippen molar-refractivity contribution in [3.05, 3.63) is 71.6 Å². The van der Waals surface area contributed by atoms with Crippen molar-refractivity contribution in [2.75, 3.05) is 0 Å². The summed E-state index contributed by atoms with van der Waals surface area (Å²) < 4.78 is 0. The van der Waals surface area contributed by atoms with Gasteiger partial charge in [-0.1, -0.05) is 36.4 Å². The molecule has 0 saturated carbocycles. The topological polar surface area (TPSA) is 85.4 Å². The molecule has 2 heterocycles. The number of nitrogens with one attached hydrogen (secondary N) is 2. The monoisotopic (exact) mass is 361 g/mol. The number of H-pyrrole nitrogens is 1. The van der Waals surface area contributed by atoms with Gasteiger partial charge in [-0.05, 0) is 30.7 Å². The SMILES string of the molecule is C[C@@H]1C(=O)N/C(=C\c2c[nH]c3cccc(O)c23)C(=O)N1Cc1ccccc1. The normalized spacial score (nSPS) is 18.9. The van der Waals surface area contributed by atoms with Crippen LogP contribution in [-0.2, 0) is 16.1 Å². The molecule has 3 aromatic rings. The number of piperazine rings is 1. The number of benzene rings is 2. The van der Waals surface area contributed by atoms with Crippen LogP contribution in [0.1, 0.15) is 18.1 Å². The Balaban J connectivity index is 1.71. The van der Waals surface area contributed by atoms with Crippen molar-refractivity contribution in [1.29, 1.82) is 0 Å². The number of fused-ring (bicyclic) bond motifs is 1. The van der Waals surface area contributed by atoms with Crippen LogP contribution in [0.15, 0.2) is 60.4 Å². The molecule has 1 saturated heterocycles. The Kier molecular flexibility index (Phi) is 4.16. The number of aromatic nitrogens is 1. The van der Waals surface area contributed by atoms with Gasteiger partial charge in [0.1, 0.15) is 17.5 Å². The minimum absolute atomic E-state index is 0.115. The number of nitrogens with zero attached hydrogens (tertiary/aromatic N) is 1. The van der Waals surface area contributed by atoms with Crippen LogP contribution in [0, 0.1) is 0 Å². The van der Waals surface area contributed by atoms with Gasteiger partial charge in [-0.15, -0.1) is 0 Å². The average molecular weight is 361 g/mol. The first-order valence-corrected chi connectivity index (χ1v) is 8.71.